The van der Waals surface area contributed by atoms with Crippen molar-refractivity contribution >= 4 is 8.32 Å². The molecule has 1 aliphatic rings. The van der Waals surface area contributed by atoms with Gasteiger partial charge in [-0.15, -0.1) is 0 Å². The lowest BCUT2D eigenvalue weighted by Gasteiger charge is -2.35. The standard InChI is InChI=1S/C10H20OSi/c1-5-9(2)10-7-6-8-12(3,4)11-10/h5,10H,6-8H2,1-4H3. The summed E-state index contributed by atoms with van der Waals surface area (Å²) in [4.78, 5) is 0. The minimum absolute atomic E-state index is 0.436. The van der Waals surface area contributed by atoms with Crippen molar-refractivity contribution in [2.45, 2.75) is 51.9 Å². The van der Waals surface area contributed by atoms with E-state index in [-0.39, 0.29) is 0 Å². The van der Waals surface area contributed by atoms with E-state index in [1.807, 2.05) is 0 Å². The number of hydrogen-bond donors (Lipinski definition) is 0. The molecule has 12 heavy (non-hydrogen) atoms. The summed E-state index contributed by atoms with van der Waals surface area (Å²) < 4.78 is 6.10. The summed E-state index contributed by atoms with van der Waals surface area (Å²) in [6, 6.07) is 1.33. The second-order valence-electron chi connectivity index (χ2n) is 4.29. The highest BCUT2D eigenvalue weighted by atomic mass is 28.4. The van der Waals surface area contributed by atoms with E-state index in [9.17, 15) is 0 Å². The lowest BCUT2D eigenvalue weighted by atomic mass is 10.1. The van der Waals surface area contributed by atoms with E-state index >= 15 is 0 Å². The smallest absolute Gasteiger partial charge is 0.187 e. The van der Waals surface area contributed by atoms with Crippen molar-refractivity contribution in [1.29, 1.82) is 0 Å². The van der Waals surface area contributed by atoms with Crippen LogP contribution in [0.25, 0.3) is 0 Å². The summed E-state index contributed by atoms with van der Waals surface area (Å²) in [5, 5.41) is 0. The van der Waals surface area contributed by atoms with E-state index in [4.69, 9.17) is 4.43 Å². The van der Waals surface area contributed by atoms with Gasteiger partial charge in [0.25, 0.3) is 0 Å². The van der Waals surface area contributed by atoms with E-state index in [2.05, 4.69) is 33.0 Å². The predicted octanol–water partition coefficient (Wildman–Crippen LogP) is 3.34. The number of rotatable bonds is 1. The van der Waals surface area contributed by atoms with Gasteiger partial charge in [0.1, 0.15) is 0 Å². The molecular weight excluding hydrogens is 164 g/mol. The molecule has 1 aliphatic heterocycles. The van der Waals surface area contributed by atoms with Crippen molar-refractivity contribution in [3.8, 4) is 0 Å². The topological polar surface area (TPSA) is 9.23 Å². The van der Waals surface area contributed by atoms with Crippen molar-refractivity contribution in [1.82, 2.24) is 0 Å². The molecule has 2 heteroatoms. The summed E-state index contributed by atoms with van der Waals surface area (Å²) in [6.07, 6.45) is 5.20. The quantitative estimate of drug-likeness (QED) is 0.448. The summed E-state index contributed by atoms with van der Waals surface area (Å²) in [6.45, 7) is 8.92. The minimum Gasteiger partial charge on any atom is -0.411 e. The third-order valence-corrected chi connectivity index (χ3v) is 5.15. The van der Waals surface area contributed by atoms with Crippen LogP contribution >= 0.6 is 0 Å². The Morgan fingerprint density at radius 3 is 2.67 bits per heavy atom. The van der Waals surface area contributed by atoms with Gasteiger partial charge in [-0.3, -0.25) is 0 Å². The first-order chi connectivity index (χ1) is 5.55. The summed E-state index contributed by atoms with van der Waals surface area (Å²) >= 11 is 0. The van der Waals surface area contributed by atoms with Crippen LogP contribution in [0.5, 0.6) is 0 Å². The van der Waals surface area contributed by atoms with Crippen molar-refractivity contribution in [3.05, 3.63) is 11.6 Å². The molecule has 0 aromatic rings. The van der Waals surface area contributed by atoms with Gasteiger partial charge >= 0.3 is 0 Å². The maximum absolute atomic E-state index is 6.10. The molecule has 0 aromatic carbocycles. The van der Waals surface area contributed by atoms with Gasteiger partial charge in [0.15, 0.2) is 8.32 Å². The lowest BCUT2D eigenvalue weighted by Crippen LogP contribution is -2.39. The molecular formula is C10H20OSi. The van der Waals surface area contributed by atoms with Crippen molar-refractivity contribution in [3.63, 3.8) is 0 Å². The first-order valence-electron chi connectivity index (χ1n) is 4.86. The van der Waals surface area contributed by atoms with Crippen LogP contribution in [-0.2, 0) is 4.43 Å². The molecule has 0 amide bonds. The molecule has 70 valence electrons. The van der Waals surface area contributed by atoms with Gasteiger partial charge in [0.05, 0.1) is 6.10 Å². The Bertz CT molecular complexity index is 184. The van der Waals surface area contributed by atoms with E-state index in [0.29, 0.717) is 6.10 Å². The number of hydrogen-bond acceptors (Lipinski definition) is 1. The molecule has 1 rings (SSSR count). The fourth-order valence-corrected chi connectivity index (χ4v) is 3.97. The molecule has 1 atom stereocenters. The fraction of sp³-hybridized carbons (Fsp3) is 0.800. The molecule has 1 saturated heterocycles. The van der Waals surface area contributed by atoms with Crippen LogP contribution in [0.15, 0.2) is 11.6 Å². The van der Waals surface area contributed by atoms with Gasteiger partial charge in [-0.1, -0.05) is 18.1 Å². The second kappa shape index (κ2) is 3.75. The fourth-order valence-electron chi connectivity index (χ4n) is 1.72. The van der Waals surface area contributed by atoms with Gasteiger partial charge in [-0.05, 0) is 39.4 Å². The normalized spacial score (nSPS) is 30.3. The van der Waals surface area contributed by atoms with Crippen LogP contribution in [0.4, 0.5) is 0 Å². The van der Waals surface area contributed by atoms with E-state index in [0.717, 1.165) is 0 Å². The van der Waals surface area contributed by atoms with E-state index in [1.54, 1.807) is 0 Å². The predicted molar refractivity (Wildman–Crippen MR) is 55.8 cm³/mol. The maximum Gasteiger partial charge on any atom is 0.187 e. The lowest BCUT2D eigenvalue weighted by molar-refractivity contribution is 0.194. The van der Waals surface area contributed by atoms with Gasteiger partial charge < -0.3 is 4.43 Å². The summed E-state index contributed by atoms with van der Waals surface area (Å²) in [5.41, 5.74) is 1.41. The van der Waals surface area contributed by atoms with Crippen LogP contribution in [0, 0.1) is 0 Å². The third-order valence-electron chi connectivity index (χ3n) is 2.67. The van der Waals surface area contributed by atoms with Crippen molar-refractivity contribution in [2.24, 2.45) is 0 Å². The molecule has 1 fully saturated rings. The highest BCUT2D eigenvalue weighted by Gasteiger charge is 2.31. The molecule has 1 heterocycles. The van der Waals surface area contributed by atoms with Crippen LogP contribution in [0.1, 0.15) is 26.7 Å². The highest BCUT2D eigenvalue weighted by molar-refractivity contribution is 6.71. The first kappa shape index (κ1) is 10.0. The first-order valence-corrected chi connectivity index (χ1v) is 7.97. The van der Waals surface area contributed by atoms with Crippen molar-refractivity contribution < 1.29 is 4.43 Å². The zero-order chi connectivity index (χ0) is 9.19. The van der Waals surface area contributed by atoms with Crippen LogP contribution in [0.3, 0.4) is 0 Å². The average molecular weight is 184 g/mol. The van der Waals surface area contributed by atoms with Crippen molar-refractivity contribution in [2.75, 3.05) is 0 Å². The van der Waals surface area contributed by atoms with Gasteiger partial charge in [-0.2, -0.15) is 0 Å². The van der Waals surface area contributed by atoms with Crippen LogP contribution in [-0.4, -0.2) is 14.4 Å². The summed E-state index contributed by atoms with van der Waals surface area (Å²) in [5.74, 6) is 0. The van der Waals surface area contributed by atoms with Gasteiger partial charge in [-0.25, -0.2) is 0 Å². The Kier molecular flexibility index (Phi) is 3.13. The average Bonchev–Trinajstić information content (AvgIpc) is 2.01. The Morgan fingerprint density at radius 1 is 1.50 bits per heavy atom. The zero-order valence-electron chi connectivity index (χ0n) is 8.68. The molecule has 1 unspecified atom stereocenters. The Morgan fingerprint density at radius 2 is 2.17 bits per heavy atom. The Balaban J connectivity index is 2.58. The third kappa shape index (κ3) is 2.46. The highest BCUT2D eigenvalue weighted by Crippen LogP contribution is 2.28. The molecule has 0 aromatic heterocycles. The van der Waals surface area contributed by atoms with Crippen LogP contribution < -0.4 is 0 Å². The number of allylic oxidation sites excluding steroid dienone is 1. The molecule has 0 spiro atoms. The maximum atomic E-state index is 6.10. The van der Waals surface area contributed by atoms with E-state index < -0.39 is 8.32 Å². The Hall–Kier alpha value is -0.0831. The molecule has 0 aliphatic carbocycles. The largest absolute Gasteiger partial charge is 0.411 e. The molecule has 1 nitrogen and oxygen atoms in total. The van der Waals surface area contributed by atoms with E-state index in [1.165, 1.54) is 24.5 Å². The van der Waals surface area contributed by atoms with Gasteiger partial charge in [0.2, 0.25) is 0 Å². The molecule has 0 bridgehead atoms. The minimum atomic E-state index is -1.27. The van der Waals surface area contributed by atoms with Crippen LogP contribution in [0.2, 0.25) is 19.1 Å². The Labute approximate surface area is 76.9 Å². The SMILES string of the molecule is CC=C(C)C1CCC[Si](C)(C)O1. The molecule has 0 saturated carbocycles. The molecule has 0 radical (unpaired) electrons. The monoisotopic (exact) mass is 184 g/mol. The molecule has 0 N–H and O–H groups in total. The second-order valence-corrected chi connectivity index (χ2v) is 8.55. The zero-order valence-corrected chi connectivity index (χ0v) is 9.68. The summed E-state index contributed by atoms with van der Waals surface area (Å²) in [7, 11) is -1.27. The van der Waals surface area contributed by atoms with Gasteiger partial charge in [0, 0.05) is 0 Å².